The molecular formula is C16H19FN2. The first kappa shape index (κ1) is 13.6. The van der Waals surface area contributed by atoms with Gasteiger partial charge in [0.15, 0.2) is 0 Å². The Hall–Kier alpha value is -1.87. The zero-order valence-corrected chi connectivity index (χ0v) is 11.4. The van der Waals surface area contributed by atoms with Crippen LogP contribution in [0.15, 0.2) is 42.5 Å². The highest BCUT2D eigenvalue weighted by Gasteiger charge is 2.07. The number of halogens is 1. The van der Waals surface area contributed by atoms with Crippen LogP contribution in [0.5, 0.6) is 0 Å². The second kappa shape index (κ2) is 5.85. The third-order valence-corrected chi connectivity index (χ3v) is 3.20. The zero-order valence-electron chi connectivity index (χ0n) is 11.4. The number of hydrogen-bond acceptors (Lipinski definition) is 2. The molecule has 0 aromatic heterocycles. The SMILES string of the molecule is Cc1ccc(CN)c(N(C)Cc2ccc(F)cc2)c1. The predicted molar refractivity (Wildman–Crippen MR) is 77.6 cm³/mol. The Balaban J connectivity index is 2.21. The van der Waals surface area contributed by atoms with Crippen molar-refractivity contribution in [3.63, 3.8) is 0 Å². The molecule has 0 fully saturated rings. The molecule has 0 aliphatic carbocycles. The smallest absolute Gasteiger partial charge is 0.123 e. The Morgan fingerprint density at radius 1 is 1.11 bits per heavy atom. The number of hydrogen-bond donors (Lipinski definition) is 1. The molecule has 0 bridgehead atoms. The maximum Gasteiger partial charge on any atom is 0.123 e. The maximum absolute atomic E-state index is 12.9. The minimum Gasteiger partial charge on any atom is -0.370 e. The van der Waals surface area contributed by atoms with Crippen LogP contribution >= 0.6 is 0 Å². The summed E-state index contributed by atoms with van der Waals surface area (Å²) in [4.78, 5) is 2.14. The van der Waals surface area contributed by atoms with Crippen LogP contribution < -0.4 is 10.6 Å². The predicted octanol–water partition coefficient (Wildman–Crippen LogP) is 3.23. The van der Waals surface area contributed by atoms with Crippen LogP contribution in [0.4, 0.5) is 10.1 Å². The minimum absolute atomic E-state index is 0.204. The van der Waals surface area contributed by atoms with Gasteiger partial charge in [0, 0.05) is 25.8 Å². The number of aryl methyl sites for hydroxylation is 1. The molecule has 0 saturated heterocycles. The molecule has 3 heteroatoms. The molecule has 2 aromatic rings. The Bertz CT molecular complexity index is 549. The summed E-state index contributed by atoms with van der Waals surface area (Å²) < 4.78 is 12.9. The van der Waals surface area contributed by atoms with Crippen molar-refractivity contribution in [1.82, 2.24) is 0 Å². The van der Waals surface area contributed by atoms with Crippen LogP contribution in [-0.4, -0.2) is 7.05 Å². The second-order valence-electron chi connectivity index (χ2n) is 4.82. The summed E-state index contributed by atoms with van der Waals surface area (Å²) in [5.74, 6) is -0.204. The summed E-state index contributed by atoms with van der Waals surface area (Å²) >= 11 is 0. The molecule has 0 saturated carbocycles. The van der Waals surface area contributed by atoms with E-state index in [4.69, 9.17) is 5.73 Å². The number of rotatable bonds is 4. The van der Waals surface area contributed by atoms with Gasteiger partial charge in [-0.1, -0.05) is 24.3 Å². The molecule has 2 rings (SSSR count). The molecule has 0 atom stereocenters. The second-order valence-corrected chi connectivity index (χ2v) is 4.82. The lowest BCUT2D eigenvalue weighted by molar-refractivity contribution is 0.627. The first-order chi connectivity index (χ1) is 9.10. The molecule has 0 aliphatic heterocycles. The standard InChI is InChI=1S/C16H19FN2/c1-12-3-6-14(10-18)16(9-12)19(2)11-13-4-7-15(17)8-5-13/h3-9H,10-11,18H2,1-2H3. The number of nitrogens with two attached hydrogens (primary N) is 1. The van der Waals surface area contributed by atoms with Crippen LogP contribution in [0.3, 0.4) is 0 Å². The number of nitrogens with zero attached hydrogens (tertiary/aromatic N) is 1. The summed E-state index contributed by atoms with van der Waals surface area (Å²) in [6, 6.07) is 12.9. The van der Waals surface area contributed by atoms with Gasteiger partial charge in [-0.15, -0.1) is 0 Å². The molecule has 2 aromatic carbocycles. The van der Waals surface area contributed by atoms with Gasteiger partial charge < -0.3 is 10.6 Å². The van der Waals surface area contributed by atoms with E-state index in [9.17, 15) is 4.39 Å². The van der Waals surface area contributed by atoms with Crippen LogP contribution in [0.1, 0.15) is 16.7 Å². The van der Waals surface area contributed by atoms with E-state index in [-0.39, 0.29) is 5.82 Å². The van der Waals surface area contributed by atoms with Gasteiger partial charge in [0.25, 0.3) is 0 Å². The van der Waals surface area contributed by atoms with Crippen molar-refractivity contribution in [1.29, 1.82) is 0 Å². The van der Waals surface area contributed by atoms with Gasteiger partial charge in [-0.25, -0.2) is 4.39 Å². The fourth-order valence-electron chi connectivity index (χ4n) is 2.15. The van der Waals surface area contributed by atoms with E-state index in [0.29, 0.717) is 6.54 Å². The highest BCUT2D eigenvalue weighted by atomic mass is 19.1. The third-order valence-electron chi connectivity index (χ3n) is 3.20. The van der Waals surface area contributed by atoms with Crippen LogP contribution in [0.2, 0.25) is 0 Å². The van der Waals surface area contributed by atoms with Gasteiger partial charge in [-0.3, -0.25) is 0 Å². The van der Waals surface area contributed by atoms with Crippen LogP contribution in [0.25, 0.3) is 0 Å². The van der Waals surface area contributed by atoms with E-state index < -0.39 is 0 Å². The number of anilines is 1. The molecule has 2 N–H and O–H groups in total. The molecule has 0 unspecified atom stereocenters. The first-order valence-electron chi connectivity index (χ1n) is 6.35. The molecule has 0 amide bonds. The van der Waals surface area contributed by atoms with Crippen molar-refractivity contribution >= 4 is 5.69 Å². The van der Waals surface area contributed by atoms with Crippen molar-refractivity contribution in [2.45, 2.75) is 20.0 Å². The summed E-state index contributed by atoms with van der Waals surface area (Å²) in [5.41, 5.74) is 10.3. The number of benzene rings is 2. The van der Waals surface area contributed by atoms with Crippen molar-refractivity contribution in [2.75, 3.05) is 11.9 Å². The molecular weight excluding hydrogens is 239 g/mol. The van der Waals surface area contributed by atoms with Gasteiger partial charge in [-0.2, -0.15) is 0 Å². The van der Waals surface area contributed by atoms with Gasteiger partial charge in [0.05, 0.1) is 0 Å². The summed E-state index contributed by atoms with van der Waals surface area (Å²) in [6.45, 7) is 3.32. The Kier molecular flexibility index (Phi) is 4.17. The van der Waals surface area contributed by atoms with Gasteiger partial charge in [-0.05, 0) is 41.8 Å². The average molecular weight is 258 g/mol. The van der Waals surface area contributed by atoms with Gasteiger partial charge >= 0.3 is 0 Å². The molecule has 0 heterocycles. The average Bonchev–Trinajstić information content (AvgIpc) is 2.41. The molecule has 0 aliphatic rings. The van der Waals surface area contributed by atoms with E-state index in [1.54, 1.807) is 0 Å². The van der Waals surface area contributed by atoms with Crippen molar-refractivity contribution in [2.24, 2.45) is 5.73 Å². The van der Waals surface area contributed by atoms with Gasteiger partial charge in [0.1, 0.15) is 5.82 Å². The fraction of sp³-hybridized carbons (Fsp3) is 0.250. The summed E-state index contributed by atoms with van der Waals surface area (Å²) in [7, 11) is 2.03. The van der Waals surface area contributed by atoms with Crippen molar-refractivity contribution in [3.05, 3.63) is 65.0 Å². The maximum atomic E-state index is 12.9. The van der Waals surface area contributed by atoms with Crippen LogP contribution in [0, 0.1) is 12.7 Å². The lowest BCUT2D eigenvalue weighted by atomic mass is 10.1. The van der Waals surface area contributed by atoms with E-state index in [1.165, 1.54) is 17.7 Å². The Morgan fingerprint density at radius 3 is 2.42 bits per heavy atom. The quantitative estimate of drug-likeness (QED) is 0.912. The largest absolute Gasteiger partial charge is 0.370 e. The third kappa shape index (κ3) is 3.32. The summed E-state index contributed by atoms with van der Waals surface area (Å²) in [5, 5.41) is 0. The van der Waals surface area contributed by atoms with Crippen LogP contribution in [-0.2, 0) is 13.1 Å². The zero-order chi connectivity index (χ0) is 13.8. The van der Waals surface area contributed by atoms with Crippen molar-refractivity contribution in [3.8, 4) is 0 Å². The highest BCUT2D eigenvalue weighted by Crippen LogP contribution is 2.22. The topological polar surface area (TPSA) is 29.3 Å². The molecule has 2 nitrogen and oxygen atoms in total. The first-order valence-corrected chi connectivity index (χ1v) is 6.35. The fourth-order valence-corrected chi connectivity index (χ4v) is 2.15. The Morgan fingerprint density at radius 2 is 1.79 bits per heavy atom. The Labute approximate surface area is 113 Å². The molecule has 0 spiro atoms. The van der Waals surface area contributed by atoms with Crippen molar-refractivity contribution < 1.29 is 4.39 Å². The van der Waals surface area contributed by atoms with E-state index in [1.807, 2.05) is 19.2 Å². The molecule has 0 radical (unpaired) electrons. The molecule has 100 valence electrons. The van der Waals surface area contributed by atoms with E-state index in [2.05, 4.69) is 30.0 Å². The monoisotopic (exact) mass is 258 g/mol. The van der Waals surface area contributed by atoms with E-state index in [0.717, 1.165) is 23.4 Å². The highest BCUT2D eigenvalue weighted by molar-refractivity contribution is 5.55. The minimum atomic E-state index is -0.204. The summed E-state index contributed by atoms with van der Waals surface area (Å²) in [6.07, 6.45) is 0. The van der Waals surface area contributed by atoms with Gasteiger partial charge in [0.2, 0.25) is 0 Å². The lowest BCUT2D eigenvalue weighted by Crippen LogP contribution is -2.19. The normalized spacial score (nSPS) is 10.5. The van der Waals surface area contributed by atoms with E-state index >= 15 is 0 Å². The lowest BCUT2D eigenvalue weighted by Gasteiger charge is -2.23. The molecule has 19 heavy (non-hydrogen) atoms.